The van der Waals surface area contributed by atoms with Gasteiger partial charge in [-0.15, -0.1) is 0 Å². The van der Waals surface area contributed by atoms with Crippen LogP contribution in [0.4, 0.5) is 0 Å². The Bertz CT molecular complexity index is 3950. The summed E-state index contributed by atoms with van der Waals surface area (Å²) in [6.45, 7) is 0. The van der Waals surface area contributed by atoms with E-state index in [1.54, 1.807) is 0 Å². The normalized spacial score (nSPS) is 12.8. The maximum Gasteiger partial charge on any atom is 0.0561 e. The highest BCUT2D eigenvalue weighted by molar-refractivity contribution is 6.12. The van der Waals surface area contributed by atoms with E-state index < -0.39 is 0 Å². The molecule has 14 rings (SSSR count). The van der Waals surface area contributed by atoms with Gasteiger partial charge in [0.25, 0.3) is 0 Å². The molecule has 0 aliphatic heterocycles. The van der Waals surface area contributed by atoms with Crippen molar-refractivity contribution in [2.45, 2.75) is 12.8 Å². The van der Waals surface area contributed by atoms with E-state index in [1.165, 1.54) is 110 Å². The first-order chi connectivity index (χ1) is 31.8. The lowest BCUT2D eigenvalue weighted by molar-refractivity contribution is 0.888. The second-order valence-electron chi connectivity index (χ2n) is 17.2. The van der Waals surface area contributed by atoms with Gasteiger partial charge in [-0.25, -0.2) is 0 Å². The van der Waals surface area contributed by atoms with Crippen LogP contribution >= 0.6 is 0 Å². The molecule has 0 amide bonds. The van der Waals surface area contributed by atoms with Crippen LogP contribution in [0.5, 0.6) is 0 Å². The van der Waals surface area contributed by atoms with E-state index in [4.69, 9.17) is 0 Å². The average molecular weight is 817 g/mol. The Labute approximate surface area is 369 Å². The van der Waals surface area contributed by atoms with Crippen molar-refractivity contribution >= 4 is 82.4 Å². The minimum absolute atomic E-state index is 1.01. The molecule has 0 atom stereocenters. The highest BCUT2D eigenvalue weighted by Gasteiger charge is 2.21. The molecule has 300 valence electrons. The van der Waals surface area contributed by atoms with Crippen molar-refractivity contribution in [3.05, 3.63) is 224 Å². The molecule has 0 saturated carbocycles. The highest BCUT2D eigenvalue weighted by Crippen LogP contribution is 2.40. The van der Waals surface area contributed by atoms with Gasteiger partial charge in [-0.2, -0.15) is 0 Å². The largest absolute Gasteiger partial charge is 0.313 e. The first-order valence-corrected chi connectivity index (χ1v) is 22.3. The zero-order chi connectivity index (χ0) is 41.9. The third-order valence-corrected chi connectivity index (χ3v) is 13.8. The van der Waals surface area contributed by atoms with Crippen molar-refractivity contribution < 1.29 is 0 Å². The lowest BCUT2D eigenvalue weighted by Gasteiger charge is -2.15. The van der Waals surface area contributed by atoms with E-state index in [9.17, 15) is 0 Å². The third-order valence-electron chi connectivity index (χ3n) is 13.8. The van der Waals surface area contributed by atoms with Crippen LogP contribution in [0.1, 0.15) is 17.7 Å². The Balaban J connectivity index is 0.858. The van der Waals surface area contributed by atoms with Gasteiger partial charge in [0.2, 0.25) is 0 Å². The van der Waals surface area contributed by atoms with Crippen LogP contribution in [0.2, 0.25) is 0 Å². The Kier molecular flexibility index (Phi) is 7.48. The van der Waals surface area contributed by atoms with E-state index in [2.05, 4.69) is 237 Å². The molecule has 64 heavy (non-hydrogen) atoms. The molecule has 0 radical (unpaired) electrons. The van der Waals surface area contributed by atoms with E-state index in [0.29, 0.717) is 0 Å². The monoisotopic (exact) mass is 816 g/mol. The summed E-state index contributed by atoms with van der Waals surface area (Å²) < 4.78 is 9.77. The third kappa shape index (κ3) is 5.05. The van der Waals surface area contributed by atoms with Crippen LogP contribution in [-0.4, -0.2) is 18.3 Å². The molecule has 4 heteroatoms. The minimum Gasteiger partial charge on any atom is -0.313 e. The quantitative estimate of drug-likeness (QED) is 0.165. The summed E-state index contributed by atoms with van der Waals surface area (Å²) in [5.74, 6) is 0. The fourth-order valence-corrected chi connectivity index (χ4v) is 11.0. The summed E-state index contributed by atoms with van der Waals surface area (Å²) in [5.41, 5.74) is 18.3. The zero-order valence-electron chi connectivity index (χ0n) is 35.0. The molecule has 0 fully saturated rings. The van der Waals surface area contributed by atoms with Crippen LogP contribution < -0.4 is 0 Å². The van der Waals surface area contributed by atoms with Crippen LogP contribution in [-0.2, 0) is 6.42 Å². The van der Waals surface area contributed by atoms with Gasteiger partial charge in [-0.1, -0.05) is 140 Å². The number of hydrogen-bond donors (Lipinski definition) is 0. The molecule has 0 saturated heterocycles. The summed E-state index contributed by atoms with van der Waals surface area (Å²) in [7, 11) is 0. The summed E-state index contributed by atoms with van der Waals surface area (Å²) in [6.07, 6.45) is 6.71. The molecule has 9 aromatic carbocycles. The molecule has 4 heterocycles. The molecule has 0 N–H and O–H groups in total. The molecule has 1 aliphatic carbocycles. The fourth-order valence-electron chi connectivity index (χ4n) is 11.0. The number of allylic oxidation sites excluding steroid dienone is 1. The molecule has 0 unspecified atom stereocenters. The Morgan fingerprint density at radius 2 is 0.625 bits per heavy atom. The van der Waals surface area contributed by atoms with Crippen molar-refractivity contribution in [3.8, 4) is 33.9 Å². The van der Waals surface area contributed by atoms with Gasteiger partial charge in [-0.05, 0) is 103 Å². The molecule has 0 spiro atoms. The van der Waals surface area contributed by atoms with Crippen molar-refractivity contribution in [2.75, 3.05) is 0 Å². The molecule has 1 aliphatic rings. The number of nitrogens with zero attached hydrogens (tertiary/aromatic N) is 4. The van der Waals surface area contributed by atoms with Crippen LogP contribution in [0.15, 0.2) is 212 Å². The van der Waals surface area contributed by atoms with E-state index in [0.717, 1.165) is 24.2 Å². The second kappa shape index (κ2) is 13.6. The van der Waals surface area contributed by atoms with Gasteiger partial charge in [-0.3, -0.25) is 0 Å². The van der Waals surface area contributed by atoms with Crippen LogP contribution in [0.3, 0.4) is 0 Å². The summed E-state index contributed by atoms with van der Waals surface area (Å²) in [4.78, 5) is 0. The number of hydrogen-bond acceptors (Lipinski definition) is 0. The first-order valence-electron chi connectivity index (χ1n) is 22.3. The number of fused-ring (bicyclic) bond motifs is 12. The Hall–Kier alpha value is -8.34. The van der Waals surface area contributed by atoms with Gasteiger partial charge >= 0.3 is 0 Å². The lowest BCUT2D eigenvalue weighted by Crippen LogP contribution is -2.03. The van der Waals surface area contributed by atoms with Crippen molar-refractivity contribution in [2.24, 2.45) is 0 Å². The summed E-state index contributed by atoms with van der Waals surface area (Å²) in [6, 6.07) is 76.0. The molecule has 4 nitrogen and oxygen atoms in total. The van der Waals surface area contributed by atoms with E-state index in [1.807, 2.05) is 0 Å². The van der Waals surface area contributed by atoms with Gasteiger partial charge < -0.3 is 18.3 Å². The molecule has 4 aromatic heterocycles. The molecular formula is C60H40N4. The van der Waals surface area contributed by atoms with Gasteiger partial charge in [0.05, 0.1) is 38.6 Å². The predicted octanol–water partition coefficient (Wildman–Crippen LogP) is 15.5. The second-order valence-corrected chi connectivity index (χ2v) is 17.2. The predicted molar refractivity (Wildman–Crippen MR) is 269 cm³/mol. The number of aromatic nitrogens is 4. The van der Waals surface area contributed by atoms with Gasteiger partial charge in [0.15, 0.2) is 0 Å². The molecule has 0 bridgehead atoms. The van der Waals surface area contributed by atoms with E-state index >= 15 is 0 Å². The van der Waals surface area contributed by atoms with Crippen molar-refractivity contribution in [1.82, 2.24) is 18.3 Å². The SMILES string of the molecule is C1=Cc2c(n(-c3ccc(-c4ccc(-n5c6ccccc6c6ccc(-n7c8ccccc8c8ccccc87)cc65)cc4)cc3)c3cc(-n4c5ccccc5c5ccccc54)ccc23)CC1. The highest BCUT2D eigenvalue weighted by atomic mass is 15.0. The van der Waals surface area contributed by atoms with Crippen molar-refractivity contribution in [1.29, 1.82) is 0 Å². The molecule has 13 aromatic rings. The summed E-state index contributed by atoms with van der Waals surface area (Å²) >= 11 is 0. The van der Waals surface area contributed by atoms with E-state index in [-0.39, 0.29) is 0 Å². The maximum absolute atomic E-state index is 2.51. The fraction of sp³-hybridized carbons (Fsp3) is 0.0333. The first kappa shape index (κ1) is 35.3. The Morgan fingerprint density at radius 3 is 1.08 bits per heavy atom. The Morgan fingerprint density at radius 1 is 0.281 bits per heavy atom. The lowest BCUT2D eigenvalue weighted by atomic mass is 10.0. The topological polar surface area (TPSA) is 19.7 Å². The van der Waals surface area contributed by atoms with Crippen LogP contribution in [0.25, 0.3) is 116 Å². The summed E-state index contributed by atoms with van der Waals surface area (Å²) in [5, 5.41) is 8.89. The maximum atomic E-state index is 2.51. The number of rotatable bonds is 5. The zero-order valence-corrected chi connectivity index (χ0v) is 35.0. The van der Waals surface area contributed by atoms with Crippen molar-refractivity contribution in [3.63, 3.8) is 0 Å². The van der Waals surface area contributed by atoms with Gasteiger partial charge in [0.1, 0.15) is 0 Å². The minimum atomic E-state index is 1.01. The van der Waals surface area contributed by atoms with Gasteiger partial charge in [0, 0.05) is 71.7 Å². The molecular weight excluding hydrogens is 777 g/mol. The average Bonchev–Trinajstić information content (AvgIpc) is 4.09. The van der Waals surface area contributed by atoms with Crippen LogP contribution in [0, 0.1) is 0 Å². The number of para-hydroxylation sites is 5. The number of benzene rings is 9. The standard InChI is InChI=1S/C60H40N4/c1-9-21-55-45(13-1)46-14-2-10-22-56(46)63(55)43-33-35-51-49-17-5-7-19-53(49)61(59(51)37-43)41-29-25-39(26-30-41)40-27-31-42(32-28-40)62-54-20-8-6-18-50(54)52-36-34-44(38-60(52)62)64-57-23-11-3-15-47(57)48-16-4-12-24-58(48)64/h1-7,9-19,21-38H,8,20H2. The smallest absolute Gasteiger partial charge is 0.0561 e.